The second kappa shape index (κ2) is 4.56. The van der Waals surface area contributed by atoms with Gasteiger partial charge in [0.1, 0.15) is 11.4 Å². The maximum Gasteiger partial charge on any atom is 0.129 e. The van der Waals surface area contributed by atoms with Crippen LogP contribution in [-0.2, 0) is 6.42 Å². The summed E-state index contributed by atoms with van der Waals surface area (Å²) in [6.45, 7) is 8.15. The lowest BCUT2D eigenvalue weighted by Gasteiger charge is -2.25. The fourth-order valence-electron chi connectivity index (χ4n) is 2.44. The molecule has 0 radical (unpaired) electrons. The van der Waals surface area contributed by atoms with Crippen LogP contribution in [-0.4, -0.2) is 16.7 Å². The van der Waals surface area contributed by atoms with Gasteiger partial charge in [0, 0.05) is 18.0 Å². The van der Waals surface area contributed by atoms with Gasteiger partial charge in [-0.15, -0.1) is 0 Å². The number of para-hydroxylation sites is 1. The lowest BCUT2D eigenvalue weighted by molar-refractivity contribution is 0.107. The Hall–Kier alpha value is -1.06. The molecule has 0 fully saturated rings. The number of aliphatic hydroxyl groups is 1. The van der Waals surface area contributed by atoms with Crippen LogP contribution < -0.4 is 10.5 Å². The van der Waals surface area contributed by atoms with Crippen molar-refractivity contribution < 1.29 is 9.84 Å². The van der Waals surface area contributed by atoms with Crippen LogP contribution in [0.1, 0.15) is 44.9 Å². The van der Waals surface area contributed by atoms with Gasteiger partial charge in [0.05, 0.1) is 6.10 Å². The SMILES string of the molecule is CC(C)C(N)C(O)c1cccc2c1OC(C)(C)C2. The standard InChI is InChI=1S/C15H23NO2/c1-9(2)12(16)13(17)11-7-5-6-10-8-15(3,4)18-14(10)11/h5-7,9,12-13,17H,8,16H2,1-4H3. The first kappa shape index (κ1) is 13.4. The van der Waals surface area contributed by atoms with E-state index in [1.165, 1.54) is 0 Å². The fraction of sp³-hybridized carbons (Fsp3) is 0.600. The molecule has 2 atom stereocenters. The molecule has 1 heterocycles. The van der Waals surface area contributed by atoms with Gasteiger partial charge >= 0.3 is 0 Å². The number of ether oxygens (including phenoxy) is 1. The first-order chi connectivity index (χ1) is 8.32. The molecule has 18 heavy (non-hydrogen) atoms. The van der Waals surface area contributed by atoms with E-state index in [1.54, 1.807) is 0 Å². The number of aliphatic hydroxyl groups excluding tert-OH is 1. The molecule has 0 saturated carbocycles. The van der Waals surface area contributed by atoms with Crippen molar-refractivity contribution in [3.63, 3.8) is 0 Å². The first-order valence-corrected chi connectivity index (χ1v) is 6.56. The number of hydrogen-bond donors (Lipinski definition) is 2. The van der Waals surface area contributed by atoms with E-state index in [4.69, 9.17) is 10.5 Å². The monoisotopic (exact) mass is 249 g/mol. The number of hydrogen-bond acceptors (Lipinski definition) is 3. The summed E-state index contributed by atoms with van der Waals surface area (Å²) in [6, 6.07) is 5.66. The molecule has 3 N–H and O–H groups in total. The topological polar surface area (TPSA) is 55.5 Å². The van der Waals surface area contributed by atoms with Crippen LogP contribution in [0.2, 0.25) is 0 Å². The van der Waals surface area contributed by atoms with Gasteiger partial charge < -0.3 is 15.6 Å². The summed E-state index contributed by atoms with van der Waals surface area (Å²) in [5, 5.41) is 10.4. The van der Waals surface area contributed by atoms with Gasteiger partial charge in [0.15, 0.2) is 0 Å². The quantitative estimate of drug-likeness (QED) is 0.865. The van der Waals surface area contributed by atoms with Crippen molar-refractivity contribution in [2.24, 2.45) is 11.7 Å². The van der Waals surface area contributed by atoms with Gasteiger partial charge in [-0.3, -0.25) is 0 Å². The van der Waals surface area contributed by atoms with Crippen LogP contribution in [0.3, 0.4) is 0 Å². The highest BCUT2D eigenvalue weighted by Gasteiger charge is 2.34. The average molecular weight is 249 g/mol. The van der Waals surface area contributed by atoms with Crippen LogP contribution in [0.4, 0.5) is 0 Å². The first-order valence-electron chi connectivity index (χ1n) is 6.56. The van der Waals surface area contributed by atoms with Gasteiger partial charge in [0.2, 0.25) is 0 Å². The summed E-state index contributed by atoms with van der Waals surface area (Å²) >= 11 is 0. The molecular weight excluding hydrogens is 226 g/mol. The molecule has 1 aliphatic rings. The summed E-state index contributed by atoms with van der Waals surface area (Å²) in [6.07, 6.45) is 0.202. The molecule has 1 aromatic rings. The van der Waals surface area contributed by atoms with Crippen molar-refractivity contribution in [1.29, 1.82) is 0 Å². The summed E-state index contributed by atoms with van der Waals surface area (Å²) in [7, 11) is 0. The molecule has 0 amide bonds. The van der Waals surface area contributed by atoms with Crippen molar-refractivity contribution >= 4 is 0 Å². The second-order valence-electron chi connectivity index (χ2n) is 6.14. The molecule has 3 heteroatoms. The molecule has 0 bridgehead atoms. The van der Waals surface area contributed by atoms with Gasteiger partial charge in [0.25, 0.3) is 0 Å². The van der Waals surface area contributed by atoms with Crippen molar-refractivity contribution in [1.82, 2.24) is 0 Å². The molecule has 1 aliphatic heterocycles. The Labute approximate surface area is 109 Å². The highest BCUT2D eigenvalue weighted by atomic mass is 16.5. The van der Waals surface area contributed by atoms with E-state index in [1.807, 2.05) is 26.0 Å². The lowest BCUT2D eigenvalue weighted by atomic mass is 9.92. The molecule has 0 aliphatic carbocycles. The smallest absolute Gasteiger partial charge is 0.129 e. The Morgan fingerprint density at radius 3 is 2.61 bits per heavy atom. The summed E-state index contributed by atoms with van der Waals surface area (Å²) in [5.74, 6) is 1.05. The van der Waals surface area contributed by atoms with Crippen molar-refractivity contribution in [2.75, 3.05) is 0 Å². The second-order valence-corrected chi connectivity index (χ2v) is 6.14. The third kappa shape index (κ3) is 2.38. The van der Waals surface area contributed by atoms with Crippen molar-refractivity contribution in [3.05, 3.63) is 29.3 Å². The van der Waals surface area contributed by atoms with E-state index < -0.39 is 6.10 Å². The Balaban J connectivity index is 2.35. The minimum atomic E-state index is -0.672. The average Bonchev–Trinajstić information content (AvgIpc) is 2.60. The number of benzene rings is 1. The Bertz CT molecular complexity index is 440. The minimum absolute atomic E-state index is 0.194. The summed E-state index contributed by atoms with van der Waals surface area (Å²) in [5.41, 5.74) is 7.83. The number of fused-ring (bicyclic) bond motifs is 1. The molecule has 0 saturated heterocycles. The van der Waals surface area contributed by atoms with E-state index in [9.17, 15) is 5.11 Å². The minimum Gasteiger partial charge on any atom is -0.487 e. The van der Waals surface area contributed by atoms with Crippen molar-refractivity contribution in [3.8, 4) is 5.75 Å². The van der Waals surface area contributed by atoms with Crippen LogP contribution in [0, 0.1) is 5.92 Å². The molecule has 1 aromatic carbocycles. The maximum absolute atomic E-state index is 10.4. The van der Waals surface area contributed by atoms with Crippen molar-refractivity contribution in [2.45, 2.75) is 51.9 Å². The maximum atomic E-state index is 10.4. The zero-order chi connectivity index (χ0) is 13.5. The highest BCUT2D eigenvalue weighted by Crippen LogP contribution is 2.40. The number of rotatable bonds is 3. The van der Waals surface area contributed by atoms with E-state index in [2.05, 4.69) is 19.9 Å². The molecule has 3 nitrogen and oxygen atoms in total. The van der Waals surface area contributed by atoms with Gasteiger partial charge in [-0.05, 0) is 25.3 Å². The van der Waals surface area contributed by atoms with E-state index in [0.717, 1.165) is 23.3 Å². The van der Waals surface area contributed by atoms with Crippen LogP contribution >= 0.6 is 0 Å². The normalized spacial score (nSPS) is 20.4. The zero-order valence-electron chi connectivity index (χ0n) is 11.6. The lowest BCUT2D eigenvalue weighted by Crippen LogP contribution is -2.34. The van der Waals surface area contributed by atoms with Gasteiger partial charge in [-0.1, -0.05) is 32.0 Å². The molecular formula is C15H23NO2. The van der Waals surface area contributed by atoms with Gasteiger partial charge in [-0.2, -0.15) is 0 Å². The predicted molar refractivity (Wildman–Crippen MR) is 72.6 cm³/mol. The van der Waals surface area contributed by atoms with Crippen LogP contribution in [0.15, 0.2) is 18.2 Å². The molecule has 0 spiro atoms. The largest absolute Gasteiger partial charge is 0.487 e. The molecule has 100 valence electrons. The zero-order valence-corrected chi connectivity index (χ0v) is 11.6. The number of nitrogens with two attached hydrogens (primary N) is 1. The van der Waals surface area contributed by atoms with E-state index in [-0.39, 0.29) is 17.6 Å². The molecule has 0 aromatic heterocycles. The van der Waals surface area contributed by atoms with Gasteiger partial charge in [-0.25, -0.2) is 0 Å². The Kier molecular flexibility index (Phi) is 3.39. The third-order valence-corrected chi connectivity index (χ3v) is 3.57. The summed E-state index contributed by atoms with van der Waals surface area (Å²) in [4.78, 5) is 0. The molecule has 2 rings (SSSR count). The Morgan fingerprint density at radius 1 is 1.33 bits per heavy atom. The molecule has 2 unspecified atom stereocenters. The highest BCUT2D eigenvalue weighted by molar-refractivity contribution is 5.47. The van der Waals surface area contributed by atoms with E-state index >= 15 is 0 Å². The Morgan fingerprint density at radius 2 is 2.00 bits per heavy atom. The van der Waals surface area contributed by atoms with Crippen LogP contribution in [0.5, 0.6) is 5.75 Å². The van der Waals surface area contributed by atoms with Crippen LogP contribution in [0.25, 0.3) is 0 Å². The fourth-order valence-corrected chi connectivity index (χ4v) is 2.44. The predicted octanol–water partition coefficient (Wildman–Crippen LogP) is 2.42. The summed E-state index contributed by atoms with van der Waals surface area (Å²) < 4.78 is 5.96. The third-order valence-electron chi connectivity index (χ3n) is 3.57. The van der Waals surface area contributed by atoms with E-state index in [0.29, 0.717) is 0 Å².